The van der Waals surface area contributed by atoms with Crippen molar-refractivity contribution in [3.8, 4) is 6.07 Å². The number of thiazole rings is 1. The Bertz CT molecular complexity index is 628. The molecule has 1 aliphatic rings. The lowest BCUT2D eigenvalue weighted by atomic mass is 10.1. The highest BCUT2D eigenvalue weighted by atomic mass is 32.1. The number of nitriles is 1. The van der Waals surface area contributed by atoms with Gasteiger partial charge in [0, 0.05) is 18.1 Å². The Morgan fingerprint density at radius 2 is 2.37 bits per heavy atom. The summed E-state index contributed by atoms with van der Waals surface area (Å²) in [6.45, 7) is 0.684. The number of aryl methyl sites for hydroxylation is 2. The topological polar surface area (TPSA) is 52.8 Å². The fraction of sp³-hybridized carbons (Fsp3) is 0.357. The van der Waals surface area contributed by atoms with Gasteiger partial charge >= 0.3 is 0 Å². The quantitative estimate of drug-likeness (QED) is 0.860. The minimum Gasteiger partial charge on any atom is -0.353 e. The zero-order valence-electron chi connectivity index (χ0n) is 10.8. The van der Waals surface area contributed by atoms with E-state index in [0.29, 0.717) is 12.1 Å². The van der Waals surface area contributed by atoms with Crippen LogP contribution in [0.5, 0.6) is 0 Å². The summed E-state index contributed by atoms with van der Waals surface area (Å²) >= 11 is 1.58. The van der Waals surface area contributed by atoms with E-state index >= 15 is 0 Å². The van der Waals surface area contributed by atoms with E-state index in [1.807, 2.05) is 28.9 Å². The van der Waals surface area contributed by atoms with Gasteiger partial charge in [0.25, 0.3) is 0 Å². The number of hydrogen-bond acceptors (Lipinski definition) is 5. The van der Waals surface area contributed by atoms with Crippen LogP contribution in [0.25, 0.3) is 0 Å². The van der Waals surface area contributed by atoms with Crippen molar-refractivity contribution in [2.45, 2.75) is 25.8 Å². The average molecular weight is 270 g/mol. The van der Waals surface area contributed by atoms with E-state index in [4.69, 9.17) is 0 Å². The van der Waals surface area contributed by atoms with Gasteiger partial charge in [0.15, 0.2) is 0 Å². The highest BCUT2D eigenvalue weighted by Crippen LogP contribution is 2.27. The van der Waals surface area contributed by atoms with Crippen molar-refractivity contribution in [2.24, 2.45) is 0 Å². The van der Waals surface area contributed by atoms with Crippen molar-refractivity contribution < 1.29 is 0 Å². The smallest absolute Gasteiger partial charge is 0.146 e. The third kappa shape index (κ3) is 2.32. The Morgan fingerprint density at radius 3 is 3.11 bits per heavy atom. The van der Waals surface area contributed by atoms with Crippen molar-refractivity contribution in [2.75, 3.05) is 11.9 Å². The van der Waals surface area contributed by atoms with Crippen LogP contribution >= 0.6 is 11.3 Å². The number of pyridine rings is 1. The predicted molar refractivity (Wildman–Crippen MR) is 75.2 cm³/mol. The molecule has 0 saturated carbocycles. The third-order valence-corrected chi connectivity index (χ3v) is 4.03. The van der Waals surface area contributed by atoms with E-state index < -0.39 is 0 Å². The fourth-order valence-electron chi connectivity index (χ4n) is 2.47. The predicted octanol–water partition coefficient (Wildman–Crippen LogP) is 2.53. The summed E-state index contributed by atoms with van der Waals surface area (Å²) in [6, 6.07) is 4.27. The Balaban J connectivity index is 1.93. The number of rotatable bonds is 3. The summed E-state index contributed by atoms with van der Waals surface area (Å²) in [7, 11) is 1.96. The van der Waals surface area contributed by atoms with Crippen molar-refractivity contribution in [1.29, 1.82) is 5.26 Å². The molecule has 4 nitrogen and oxygen atoms in total. The van der Waals surface area contributed by atoms with Gasteiger partial charge in [-0.05, 0) is 30.9 Å². The molecule has 19 heavy (non-hydrogen) atoms. The Labute approximate surface area is 116 Å². The molecule has 2 aromatic rings. The van der Waals surface area contributed by atoms with Crippen LogP contribution in [0.2, 0.25) is 0 Å². The summed E-state index contributed by atoms with van der Waals surface area (Å²) < 4.78 is 0. The minimum absolute atomic E-state index is 0.665. The first-order chi connectivity index (χ1) is 9.28. The second-order valence-electron chi connectivity index (χ2n) is 4.77. The summed E-state index contributed by atoms with van der Waals surface area (Å²) in [4.78, 5) is 11.0. The fourth-order valence-corrected chi connectivity index (χ4v) is 3.02. The lowest BCUT2D eigenvalue weighted by Gasteiger charge is -2.19. The van der Waals surface area contributed by atoms with E-state index in [-0.39, 0.29) is 0 Å². The Kier molecular flexibility index (Phi) is 3.18. The summed E-state index contributed by atoms with van der Waals surface area (Å²) in [5, 5.41) is 11.3. The van der Waals surface area contributed by atoms with Gasteiger partial charge in [0.2, 0.25) is 0 Å². The average Bonchev–Trinajstić information content (AvgIpc) is 3.07. The first kappa shape index (κ1) is 12.1. The van der Waals surface area contributed by atoms with Gasteiger partial charge in [-0.15, -0.1) is 11.3 Å². The van der Waals surface area contributed by atoms with E-state index in [1.54, 1.807) is 11.3 Å². The maximum atomic E-state index is 9.29. The number of nitrogens with zero attached hydrogens (tertiary/aromatic N) is 4. The maximum absolute atomic E-state index is 9.29. The molecule has 0 unspecified atom stereocenters. The van der Waals surface area contributed by atoms with Crippen molar-refractivity contribution >= 4 is 17.2 Å². The van der Waals surface area contributed by atoms with Gasteiger partial charge in [-0.1, -0.05) is 0 Å². The van der Waals surface area contributed by atoms with Crippen LogP contribution in [0.3, 0.4) is 0 Å². The maximum Gasteiger partial charge on any atom is 0.146 e. The molecule has 5 heteroatoms. The molecule has 96 valence electrons. The van der Waals surface area contributed by atoms with E-state index in [9.17, 15) is 5.26 Å². The molecule has 0 aliphatic heterocycles. The molecule has 2 heterocycles. The van der Waals surface area contributed by atoms with Crippen molar-refractivity contribution in [1.82, 2.24) is 9.97 Å². The number of hydrogen-bond donors (Lipinski definition) is 0. The molecule has 0 spiro atoms. The lowest BCUT2D eigenvalue weighted by Crippen LogP contribution is -2.20. The first-order valence-electron chi connectivity index (χ1n) is 6.29. The van der Waals surface area contributed by atoms with Crippen LogP contribution in [-0.2, 0) is 19.4 Å². The second-order valence-corrected chi connectivity index (χ2v) is 5.49. The van der Waals surface area contributed by atoms with E-state index in [0.717, 1.165) is 36.5 Å². The highest BCUT2D eigenvalue weighted by molar-refractivity contribution is 7.07. The van der Waals surface area contributed by atoms with Crippen molar-refractivity contribution in [3.63, 3.8) is 0 Å². The molecule has 2 aromatic heterocycles. The van der Waals surface area contributed by atoms with Gasteiger partial charge < -0.3 is 4.90 Å². The van der Waals surface area contributed by atoms with Gasteiger partial charge in [0.05, 0.1) is 23.3 Å². The minimum atomic E-state index is 0.665. The monoisotopic (exact) mass is 270 g/mol. The number of anilines is 1. The Morgan fingerprint density at radius 1 is 1.47 bits per heavy atom. The van der Waals surface area contributed by atoms with Crippen LogP contribution in [-0.4, -0.2) is 17.0 Å². The summed E-state index contributed by atoms with van der Waals surface area (Å²) in [5.74, 6) is 0.774. The zero-order valence-corrected chi connectivity index (χ0v) is 11.6. The van der Waals surface area contributed by atoms with Gasteiger partial charge in [0.1, 0.15) is 11.9 Å². The summed E-state index contributed by atoms with van der Waals surface area (Å²) in [5.41, 5.74) is 5.89. The van der Waals surface area contributed by atoms with Crippen LogP contribution in [0, 0.1) is 11.3 Å². The normalized spacial score (nSPS) is 13.1. The Hall–Kier alpha value is -1.93. The molecular formula is C14H14N4S. The molecule has 0 atom stereocenters. The molecular weight excluding hydrogens is 256 g/mol. The van der Waals surface area contributed by atoms with Gasteiger partial charge in [-0.25, -0.2) is 9.97 Å². The van der Waals surface area contributed by atoms with Crippen LogP contribution < -0.4 is 4.90 Å². The molecule has 1 aliphatic carbocycles. The molecule has 0 fully saturated rings. The van der Waals surface area contributed by atoms with Crippen LogP contribution in [0.1, 0.15) is 28.9 Å². The van der Waals surface area contributed by atoms with Crippen LogP contribution in [0.4, 0.5) is 5.82 Å². The first-order valence-corrected chi connectivity index (χ1v) is 7.23. The zero-order chi connectivity index (χ0) is 13.2. The highest BCUT2D eigenvalue weighted by Gasteiger charge is 2.18. The second kappa shape index (κ2) is 4.98. The number of aromatic nitrogens is 2. The molecule has 0 amide bonds. The van der Waals surface area contributed by atoms with E-state index in [1.165, 1.54) is 5.56 Å². The van der Waals surface area contributed by atoms with E-state index in [2.05, 4.69) is 16.0 Å². The van der Waals surface area contributed by atoms with Gasteiger partial charge in [-0.2, -0.15) is 5.26 Å². The standard InChI is InChI=1S/C14H14N4S/c1-18(7-12-8-19-9-16-12)14-11(6-15)5-10-3-2-4-13(10)17-14/h5,8-9H,2-4,7H2,1H3. The van der Waals surface area contributed by atoms with Crippen LogP contribution in [0.15, 0.2) is 17.0 Å². The molecule has 0 aromatic carbocycles. The molecule has 0 saturated heterocycles. The largest absolute Gasteiger partial charge is 0.353 e. The number of fused-ring (bicyclic) bond motifs is 1. The SMILES string of the molecule is CN(Cc1cscn1)c1nc2c(cc1C#N)CCC2. The third-order valence-electron chi connectivity index (χ3n) is 3.40. The van der Waals surface area contributed by atoms with Gasteiger partial charge in [-0.3, -0.25) is 0 Å². The molecule has 0 N–H and O–H groups in total. The lowest BCUT2D eigenvalue weighted by molar-refractivity contribution is 0.857. The van der Waals surface area contributed by atoms with Crippen molar-refractivity contribution in [3.05, 3.63) is 39.5 Å². The summed E-state index contributed by atoms with van der Waals surface area (Å²) in [6.07, 6.45) is 3.22. The molecule has 3 rings (SSSR count). The molecule has 0 bridgehead atoms. The molecule has 0 radical (unpaired) electrons.